The van der Waals surface area contributed by atoms with Crippen molar-refractivity contribution >= 4 is 34.8 Å². The van der Waals surface area contributed by atoms with Crippen LogP contribution in [0.15, 0.2) is 53.1 Å². The van der Waals surface area contributed by atoms with E-state index < -0.39 is 0 Å². The van der Waals surface area contributed by atoms with Crippen LogP contribution >= 0.6 is 23.4 Å². The molecular weight excluding hydrogens is 342 g/mol. The first-order valence-electron chi connectivity index (χ1n) is 7.78. The highest BCUT2D eigenvalue weighted by molar-refractivity contribution is 8.02. The minimum absolute atomic E-state index is 0.0821. The van der Waals surface area contributed by atoms with Crippen molar-refractivity contribution in [3.8, 4) is 5.75 Å². The van der Waals surface area contributed by atoms with E-state index in [4.69, 9.17) is 16.3 Å². The molecule has 4 rings (SSSR count). The van der Waals surface area contributed by atoms with Crippen molar-refractivity contribution in [1.82, 2.24) is 0 Å². The molecule has 0 radical (unpaired) electrons. The highest BCUT2D eigenvalue weighted by Crippen LogP contribution is 2.46. The number of carbonyl (C=O) groups excluding carboxylic acids is 1. The molecule has 0 N–H and O–H groups in total. The number of benzene rings is 2. The van der Waals surface area contributed by atoms with Crippen LogP contribution in [0.5, 0.6) is 5.75 Å². The normalized spacial score (nSPS) is 15.8. The van der Waals surface area contributed by atoms with Crippen LogP contribution < -0.4 is 9.64 Å². The number of allylic oxidation sites excluding steroid dienone is 1. The van der Waals surface area contributed by atoms with Crippen LogP contribution in [0.1, 0.15) is 15.9 Å². The Balaban J connectivity index is 1.85. The fraction of sp³-hybridized carbons (Fsp3) is 0.211. The Morgan fingerprint density at radius 2 is 2.04 bits per heavy atom. The zero-order valence-electron chi connectivity index (χ0n) is 13.2. The fourth-order valence-electron chi connectivity index (χ4n) is 3.34. The molecule has 2 aromatic carbocycles. The molecule has 122 valence electrons. The largest absolute Gasteiger partial charge is 0.489 e. The molecule has 3 nitrogen and oxygen atoms in total. The Morgan fingerprint density at radius 3 is 2.79 bits per heavy atom. The van der Waals surface area contributed by atoms with Crippen molar-refractivity contribution in [1.29, 1.82) is 0 Å². The number of rotatable bonds is 3. The number of Topliss-reactive ketones (excluding diaryl/α,β-unsaturated/α-hetero) is 1. The van der Waals surface area contributed by atoms with E-state index >= 15 is 0 Å². The van der Waals surface area contributed by atoms with Crippen LogP contribution in [0, 0.1) is 0 Å². The molecule has 0 amide bonds. The van der Waals surface area contributed by atoms with Gasteiger partial charge in [0.25, 0.3) is 0 Å². The van der Waals surface area contributed by atoms with Gasteiger partial charge < -0.3 is 9.64 Å². The standard InChI is InChI=1S/C19H16ClNO2S/c1-24-19-15(18(22)12-5-3-2-4-6-12)10-13-9-14(20)11-16-17(13)21(19)7-8-23-16/h2-6,9,11H,7-8,10H2,1H3. The van der Waals surface area contributed by atoms with E-state index in [1.807, 2.05) is 48.7 Å². The summed E-state index contributed by atoms with van der Waals surface area (Å²) in [5, 5.41) is 1.66. The van der Waals surface area contributed by atoms with Gasteiger partial charge in [-0.15, -0.1) is 11.8 Å². The van der Waals surface area contributed by atoms with Crippen molar-refractivity contribution in [3.63, 3.8) is 0 Å². The van der Waals surface area contributed by atoms with Gasteiger partial charge in [0.15, 0.2) is 5.78 Å². The molecule has 0 bridgehead atoms. The number of hydrogen-bond acceptors (Lipinski definition) is 4. The Bertz CT molecular complexity index is 848. The first-order valence-corrected chi connectivity index (χ1v) is 9.39. The molecule has 2 heterocycles. The molecular formula is C19H16ClNO2S. The average Bonchev–Trinajstić information content (AvgIpc) is 2.61. The lowest BCUT2D eigenvalue weighted by atomic mass is 9.93. The number of carbonyl (C=O) groups is 1. The van der Waals surface area contributed by atoms with Crippen LogP contribution in [-0.4, -0.2) is 25.2 Å². The molecule has 5 heteroatoms. The second-order valence-corrected chi connectivity index (χ2v) is 7.00. The van der Waals surface area contributed by atoms with Gasteiger partial charge in [-0.3, -0.25) is 4.79 Å². The van der Waals surface area contributed by atoms with Crippen LogP contribution in [-0.2, 0) is 6.42 Å². The Kier molecular flexibility index (Phi) is 4.02. The molecule has 2 aromatic rings. The molecule has 0 fully saturated rings. The zero-order valence-corrected chi connectivity index (χ0v) is 14.8. The van der Waals surface area contributed by atoms with Gasteiger partial charge in [-0.25, -0.2) is 0 Å². The number of ketones is 1. The van der Waals surface area contributed by atoms with Crippen LogP contribution in [0.25, 0.3) is 0 Å². The summed E-state index contributed by atoms with van der Waals surface area (Å²) in [6, 6.07) is 13.2. The molecule has 0 spiro atoms. The van der Waals surface area contributed by atoms with E-state index in [0.717, 1.165) is 39.7 Å². The highest BCUT2D eigenvalue weighted by atomic mass is 35.5. The Labute approximate surface area is 150 Å². The summed E-state index contributed by atoms with van der Waals surface area (Å²) >= 11 is 7.86. The minimum atomic E-state index is 0.0821. The summed E-state index contributed by atoms with van der Waals surface area (Å²) in [5.74, 6) is 0.889. The van der Waals surface area contributed by atoms with E-state index in [2.05, 4.69) is 4.90 Å². The fourth-order valence-corrected chi connectivity index (χ4v) is 4.39. The van der Waals surface area contributed by atoms with Crippen molar-refractivity contribution < 1.29 is 9.53 Å². The second kappa shape index (κ2) is 6.19. The average molecular weight is 358 g/mol. The molecule has 0 unspecified atom stereocenters. The first-order chi connectivity index (χ1) is 11.7. The quantitative estimate of drug-likeness (QED) is 0.753. The van der Waals surface area contributed by atoms with Gasteiger partial charge in [0, 0.05) is 28.6 Å². The number of thioether (sulfide) groups is 1. The predicted molar refractivity (Wildman–Crippen MR) is 99.3 cm³/mol. The number of anilines is 1. The number of nitrogens with zero attached hydrogens (tertiary/aromatic N) is 1. The molecule has 0 atom stereocenters. The lowest BCUT2D eigenvalue weighted by molar-refractivity contribution is 0.103. The number of ether oxygens (including phenoxy) is 1. The Morgan fingerprint density at radius 1 is 1.25 bits per heavy atom. The van der Waals surface area contributed by atoms with Gasteiger partial charge in [-0.2, -0.15) is 0 Å². The third-order valence-electron chi connectivity index (χ3n) is 4.33. The summed E-state index contributed by atoms with van der Waals surface area (Å²) in [6.45, 7) is 1.33. The van der Waals surface area contributed by atoms with Crippen molar-refractivity contribution in [2.75, 3.05) is 24.3 Å². The minimum Gasteiger partial charge on any atom is -0.489 e. The molecule has 0 aromatic heterocycles. The van der Waals surface area contributed by atoms with Gasteiger partial charge in [0.1, 0.15) is 12.4 Å². The van der Waals surface area contributed by atoms with Gasteiger partial charge in [-0.1, -0.05) is 41.9 Å². The molecule has 24 heavy (non-hydrogen) atoms. The van der Waals surface area contributed by atoms with E-state index in [1.54, 1.807) is 11.8 Å². The third kappa shape index (κ3) is 2.50. The number of hydrogen-bond donors (Lipinski definition) is 0. The highest BCUT2D eigenvalue weighted by Gasteiger charge is 2.33. The van der Waals surface area contributed by atoms with E-state index in [1.165, 1.54) is 0 Å². The summed E-state index contributed by atoms with van der Waals surface area (Å²) in [4.78, 5) is 15.3. The maximum absolute atomic E-state index is 13.1. The molecule has 2 aliphatic heterocycles. The second-order valence-electron chi connectivity index (χ2n) is 5.77. The summed E-state index contributed by atoms with van der Waals surface area (Å²) in [5.41, 5.74) is 3.66. The van der Waals surface area contributed by atoms with Gasteiger partial charge in [0.2, 0.25) is 0 Å². The molecule has 0 saturated carbocycles. The van der Waals surface area contributed by atoms with E-state index in [-0.39, 0.29) is 5.78 Å². The smallest absolute Gasteiger partial charge is 0.191 e. The lowest BCUT2D eigenvalue weighted by Gasteiger charge is -2.38. The van der Waals surface area contributed by atoms with Crippen LogP contribution in [0.3, 0.4) is 0 Å². The first kappa shape index (κ1) is 15.6. The topological polar surface area (TPSA) is 29.5 Å². The van der Waals surface area contributed by atoms with E-state index in [0.29, 0.717) is 18.1 Å². The molecule has 2 aliphatic rings. The van der Waals surface area contributed by atoms with Crippen LogP contribution in [0.2, 0.25) is 5.02 Å². The summed E-state index contributed by atoms with van der Waals surface area (Å²) in [7, 11) is 0. The van der Waals surface area contributed by atoms with Crippen molar-refractivity contribution in [3.05, 3.63) is 69.2 Å². The lowest BCUT2D eigenvalue weighted by Crippen LogP contribution is -2.36. The molecule has 0 saturated heterocycles. The SMILES string of the molecule is CSC1=C(C(=O)c2ccccc2)Cc2cc(Cl)cc3c2N1CCO3. The maximum Gasteiger partial charge on any atom is 0.191 e. The van der Waals surface area contributed by atoms with Gasteiger partial charge in [-0.05, 0) is 17.9 Å². The monoisotopic (exact) mass is 357 g/mol. The number of halogens is 1. The van der Waals surface area contributed by atoms with Gasteiger partial charge >= 0.3 is 0 Å². The summed E-state index contributed by atoms with van der Waals surface area (Å²) in [6.07, 6.45) is 2.59. The van der Waals surface area contributed by atoms with Gasteiger partial charge in [0.05, 0.1) is 17.3 Å². The maximum atomic E-state index is 13.1. The van der Waals surface area contributed by atoms with Crippen LogP contribution in [0.4, 0.5) is 5.69 Å². The molecule has 0 aliphatic carbocycles. The van der Waals surface area contributed by atoms with Crippen molar-refractivity contribution in [2.45, 2.75) is 6.42 Å². The summed E-state index contributed by atoms with van der Waals surface area (Å²) < 4.78 is 5.78. The third-order valence-corrected chi connectivity index (χ3v) is 5.41. The zero-order chi connectivity index (χ0) is 16.7. The van der Waals surface area contributed by atoms with Crippen molar-refractivity contribution in [2.24, 2.45) is 0 Å². The van der Waals surface area contributed by atoms with E-state index in [9.17, 15) is 4.79 Å². The predicted octanol–water partition coefficient (Wildman–Crippen LogP) is 4.55. The Hall–Kier alpha value is -1.91.